The van der Waals surface area contributed by atoms with E-state index >= 15 is 0 Å². The van der Waals surface area contributed by atoms with Crippen molar-refractivity contribution in [2.75, 3.05) is 11.4 Å². The molecule has 5 nitrogen and oxygen atoms in total. The van der Waals surface area contributed by atoms with E-state index in [-0.39, 0.29) is 5.91 Å². The Hall–Kier alpha value is -2.17. The van der Waals surface area contributed by atoms with E-state index in [1.165, 1.54) is 24.0 Å². The smallest absolute Gasteiger partial charge is 0.262 e. The molecule has 2 aromatic rings. The number of aromatic nitrogens is 3. The van der Waals surface area contributed by atoms with Crippen LogP contribution in [-0.2, 0) is 13.0 Å². The Morgan fingerprint density at radius 2 is 2.22 bits per heavy atom. The number of pyridine rings is 1. The van der Waals surface area contributed by atoms with Gasteiger partial charge in [0.1, 0.15) is 5.82 Å². The minimum atomic E-state index is 0.0612. The van der Waals surface area contributed by atoms with Crippen LogP contribution in [-0.4, -0.2) is 27.2 Å². The van der Waals surface area contributed by atoms with Crippen molar-refractivity contribution >= 4 is 11.7 Å². The molecule has 0 saturated heterocycles. The highest BCUT2D eigenvalue weighted by Gasteiger charge is 2.36. The molecule has 1 aliphatic heterocycles. The number of aryl methyl sites for hydroxylation is 2. The maximum absolute atomic E-state index is 13.1. The molecule has 0 unspecified atom stereocenters. The monoisotopic (exact) mass is 310 g/mol. The first kappa shape index (κ1) is 14.4. The highest BCUT2D eigenvalue weighted by molar-refractivity contribution is 6.07. The third-order valence-electron chi connectivity index (χ3n) is 4.86. The fraction of sp³-hybridized carbons (Fsp3) is 0.500. The van der Waals surface area contributed by atoms with Crippen LogP contribution in [0.1, 0.15) is 59.3 Å². The maximum Gasteiger partial charge on any atom is 0.262 e. The van der Waals surface area contributed by atoms with Crippen LogP contribution >= 0.6 is 0 Å². The predicted molar refractivity (Wildman–Crippen MR) is 88.8 cm³/mol. The van der Waals surface area contributed by atoms with Gasteiger partial charge in [-0.25, -0.2) is 4.98 Å². The number of amides is 1. The van der Waals surface area contributed by atoms with Crippen LogP contribution in [0.15, 0.2) is 18.5 Å². The van der Waals surface area contributed by atoms with Gasteiger partial charge in [-0.05, 0) is 49.8 Å². The molecule has 0 N–H and O–H groups in total. The SMILES string of the molecule is CCCn1ncc(C(=O)N2CCc3c(C)ccnc32)c1C1CC1. The van der Waals surface area contributed by atoms with E-state index in [0.29, 0.717) is 5.92 Å². The van der Waals surface area contributed by atoms with Crippen molar-refractivity contribution < 1.29 is 4.79 Å². The quantitative estimate of drug-likeness (QED) is 0.872. The standard InChI is InChI=1S/C18H22N4O/c1-3-9-22-16(13-4-5-13)15(11-20-22)18(23)21-10-7-14-12(2)6-8-19-17(14)21/h6,8,11,13H,3-5,7,9-10H2,1-2H3. The molecule has 0 atom stereocenters. The molecule has 1 fully saturated rings. The fourth-order valence-electron chi connectivity index (χ4n) is 3.53. The molecule has 0 bridgehead atoms. The van der Waals surface area contributed by atoms with E-state index in [1.807, 2.05) is 15.6 Å². The van der Waals surface area contributed by atoms with Gasteiger partial charge in [0.2, 0.25) is 0 Å². The molecule has 1 saturated carbocycles. The summed E-state index contributed by atoms with van der Waals surface area (Å²) in [7, 11) is 0. The minimum Gasteiger partial charge on any atom is -0.292 e. The number of hydrogen-bond acceptors (Lipinski definition) is 3. The van der Waals surface area contributed by atoms with Crippen molar-refractivity contribution in [3.63, 3.8) is 0 Å². The molecular weight excluding hydrogens is 288 g/mol. The number of nitrogens with zero attached hydrogens (tertiary/aromatic N) is 4. The first-order chi connectivity index (χ1) is 11.2. The minimum absolute atomic E-state index is 0.0612. The molecule has 1 amide bonds. The zero-order valence-corrected chi connectivity index (χ0v) is 13.7. The first-order valence-electron chi connectivity index (χ1n) is 8.52. The summed E-state index contributed by atoms with van der Waals surface area (Å²) in [5.41, 5.74) is 4.33. The number of carbonyl (C=O) groups excluding carboxylic acids is 1. The third kappa shape index (κ3) is 2.35. The Balaban J connectivity index is 1.70. The van der Waals surface area contributed by atoms with Gasteiger partial charge in [0.15, 0.2) is 0 Å². The summed E-state index contributed by atoms with van der Waals surface area (Å²) < 4.78 is 2.03. The average molecular weight is 310 g/mol. The Morgan fingerprint density at radius 3 is 2.96 bits per heavy atom. The molecule has 2 aliphatic rings. The van der Waals surface area contributed by atoms with Crippen molar-refractivity contribution in [3.05, 3.63) is 40.8 Å². The molecule has 1 aliphatic carbocycles. The average Bonchev–Trinajstić information content (AvgIpc) is 3.14. The lowest BCUT2D eigenvalue weighted by molar-refractivity contribution is 0.0987. The van der Waals surface area contributed by atoms with E-state index in [2.05, 4.69) is 23.9 Å². The van der Waals surface area contributed by atoms with Gasteiger partial charge in [-0.2, -0.15) is 5.10 Å². The van der Waals surface area contributed by atoms with E-state index in [9.17, 15) is 4.79 Å². The predicted octanol–water partition coefficient (Wildman–Crippen LogP) is 3.08. The Morgan fingerprint density at radius 1 is 1.39 bits per heavy atom. The van der Waals surface area contributed by atoms with Gasteiger partial charge in [-0.3, -0.25) is 14.4 Å². The summed E-state index contributed by atoms with van der Waals surface area (Å²) in [5, 5.41) is 4.48. The molecular formula is C18H22N4O. The van der Waals surface area contributed by atoms with Crippen LogP contribution in [0, 0.1) is 6.92 Å². The number of rotatable bonds is 4. The number of hydrogen-bond donors (Lipinski definition) is 0. The highest BCUT2D eigenvalue weighted by atomic mass is 16.2. The zero-order valence-electron chi connectivity index (χ0n) is 13.7. The number of anilines is 1. The van der Waals surface area contributed by atoms with Crippen molar-refractivity contribution in [3.8, 4) is 0 Å². The van der Waals surface area contributed by atoms with Crippen molar-refractivity contribution in [1.82, 2.24) is 14.8 Å². The highest BCUT2D eigenvalue weighted by Crippen LogP contribution is 2.42. The summed E-state index contributed by atoms with van der Waals surface area (Å²) in [6.45, 7) is 5.83. The van der Waals surface area contributed by atoms with Crippen molar-refractivity contribution in [2.24, 2.45) is 0 Å². The molecule has 5 heteroatoms. The van der Waals surface area contributed by atoms with Crippen LogP contribution in [0.2, 0.25) is 0 Å². The summed E-state index contributed by atoms with van der Waals surface area (Å²) in [6.07, 6.45) is 7.82. The van der Waals surface area contributed by atoms with Crippen molar-refractivity contribution in [1.29, 1.82) is 0 Å². The molecule has 0 radical (unpaired) electrons. The molecule has 120 valence electrons. The van der Waals surface area contributed by atoms with Crippen LogP contribution < -0.4 is 4.90 Å². The van der Waals surface area contributed by atoms with Crippen LogP contribution in [0.5, 0.6) is 0 Å². The molecule has 0 spiro atoms. The lowest BCUT2D eigenvalue weighted by Gasteiger charge is -2.17. The molecule has 3 heterocycles. The van der Waals surface area contributed by atoms with Gasteiger partial charge in [0, 0.05) is 25.2 Å². The normalized spacial score (nSPS) is 16.7. The Kier molecular flexibility index (Phi) is 3.43. The molecule has 23 heavy (non-hydrogen) atoms. The second kappa shape index (κ2) is 5.48. The summed E-state index contributed by atoms with van der Waals surface area (Å²) in [6, 6.07) is 2.02. The van der Waals surface area contributed by atoms with Crippen LogP contribution in [0.25, 0.3) is 0 Å². The lowest BCUT2D eigenvalue weighted by atomic mass is 10.1. The van der Waals surface area contributed by atoms with E-state index < -0.39 is 0 Å². The van der Waals surface area contributed by atoms with Gasteiger partial charge in [-0.15, -0.1) is 0 Å². The van der Waals surface area contributed by atoms with E-state index in [0.717, 1.165) is 43.0 Å². The lowest BCUT2D eigenvalue weighted by Crippen LogP contribution is -2.30. The molecule has 4 rings (SSSR count). The molecule has 2 aromatic heterocycles. The van der Waals surface area contributed by atoms with Crippen LogP contribution in [0.3, 0.4) is 0 Å². The topological polar surface area (TPSA) is 51.0 Å². The first-order valence-corrected chi connectivity index (χ1v) is 8.52. The summed E-state index contributed by atoms with van der Waals surface area (Å²) in [5.74, 6) is 1.40. The summed E-state index contributed by atoms with van der Waals surface area (Å²) >= 11 is 0. The second-order valence-corrected chi connectivity index (χ2v) is 6.58. The van der Waals surface area contributed by atoms with Gasteiger partial charge in [-0.1, -0.05) is 6.92 Å². The Bertz CT molecular complexity index is 760. The van der Waals surface area contributed by atoms with E-state index in [1.54, 1.807) is 12.4 Å². The number of carbonyl (C=O) groups is 1. The van der Waals surface area contributed by atoms with Gasteiger partial charge < -0.3 is 0 Å². The van der Waals surface area contributed by atoms with Gasteiger partial charge in [0.05, 0.1) is 17.5 Å². The number of fused-ring (bicyclic) bond motifs is 1. The maximum atomic E-state index is 13.1. The zero-order chi connectivity index (χ0) is 16.0. The largest absolute Gasteiger partial charge is 0.292 e. The fourth-order valence-corrected chi connectivity index (χ4v) is 3.53. The van der Waals surface area contributed by atoms with Crippen molar-refractivity contribution in [2.45, 2.75) is 52.0 Å². The van der Waals surface area contributed by atoms with E-state index in [4.69, 9.17) is 0 Å². The summed E-state index contributed by atoms with van der Waals surface area (Å²) in [4.78, 5) is 19.4. The van der Waals surface area contributed by atoms with Gasteiger partial charge in [0.25, 0.3) is 5.91 Å². The van der Waals surface area contributed by atoms with Crippen LogP contribution in [0.4, 0.5) is 5.82 Å². The Labute approximate surface area is 136 Å². The second-order valence-electron chi connectivity index (χ2n) is 6.58. The van der Waals surface area contributed by atoms with Gasteiger partial charge >= 0.3 is 0 Å². The molecule has 0 aromatic carbocycles. The third-order valence-corrected chi connectivity index (χ3v) is 4.86.